The molecule has 3 aliphatic carbocycles. The van der Waals surface area contributed by atoms with E-state index >= 15 is 0 Å². The first-order chi connectivity index (χ1) is 9.15. The van der Waals surface area contributed by atoms with Crippen LogP contribution in [0.15, 0.2) is 24.3 Å². The molecular formula is C17H22ClN. The van der Waals surface area contributed by atoms with Crippen molar-refractivity contribution in [1.29, 1.82) is 0 Å². The Kier molecular flexibility index (Phi) is 2.72. The minimum absolute atomic E-state index is 0.0593. The third-order valence-electron chi connectivity index (χ3n) is 6.17. The molecule has 102 valence electrons. The van der Waals surface area contributed by atoms with E-state index in [0.29, 0.717) is 0 Å². The highest BCUT2D eigenvalue weighted by molar-refractivity contribution is 6.30. The summed E-state index contributed by atoms with van der Waals surface area (Å²) in [6.07, 6.45) is 8.08. The Balaban J connectivity index is 1.64. The van der Waals surface area contributed by atoms with Crippen LogP contribution in [-0.2, 0) is 6.42 Å². The fraction of sp³-hybridized carbons (Fsp3) is 0.647. The average molecular weight is 276 g/mol. The monoisotopic (exact) mass is 275 g/mol. The summed E-state index contributed by atoms with van der Waals surface area (Å²) < 4.78 is 0. The van der Waals surface area contributed by atoms with Gasteiger partial charge in [-0.25, -0.2) is 0 Å². The van der Waals surface area contributed by atoms with E-state index in [4.69, 9.17) is 17.3 Å². The molecule has 19 heavy (non-hydrogen) atoms. The van der Waals surface area contributed by atoms with E-state index in [9.17, 15) is 0 Å². The van der Waals surface area contributed by atoms with Crippen LogP contribution in [0.2, 0.25) is 5.02 Å². The minimum Gasteiger partial charge on any atom is -0.324 e. The lowest BCUT2D eigenvalue weighted by molar-refractivity contribution is 0.0494. The molecule has 5 unspecified atom stereocenters. The highest BCUT2D eigenvalue weighted by Gasteiger charge is 2.56. The lowest BCUT2D eigenvalue weighted by Crippen LogP contribution is -2.59. The van der Waals surface area contributed by atoms with Gasteiger partial charge < -0.3 is 5.73 Å². The van der Waals surface area contributed by atoms with Crippen LogP contribution in [0.4, 0.5) is 0 Å². The van der Waals surface area contributed by atoms with Crippen molar-refractivity contribution in [2.24, 2.45) is 29.4 Å². The van der Waals surface area contributed by atoms with Crippen LogP contribution in [0.25, 0.3) is 0 Å². The van der Waals surface area contributed by atoms with Gasteiger partial charge in [-0.1, -0.05) is 23.7 Å². The second-order valence-electron chi connectivity index (χ2n) is 7.13. The number of benzene rings is 1. The molecule has 0 aliphatic heterocycles. The first kappa shape index (κ1) is 12.2. The normalized spacial score (nSPS) is 43.7. The van der Waals surface area contributed by atoms with E-state index in [1.165, 1.54) is 37.7 Å². The Hall–Kier alpha value is -0.530. The van der Waals surface area contributed by atoms with E-state index in [-0.39, 0.29) is 5.54 Å². The molecule has 0 saturated heterocycles. The largest absolute Gasteiger partial charge is 0.324 e. The number of hydrogen-bond donors (Lipinski definition) is 1. The molecule has 1 aromatic rings. The molecule has 2 N–H and O–H groups in total. The molecule has 0 heterocycles. The van der Waals surface area contributed by atoms with Gasteiger partial charge >= 0.3 is 0 Å². The van der Waals surface area contributed by atoms with E-state index in [1.54, 1.807) is 0 Å². The molecule has 0 spiro atoms. The fourth-order valence-electron chi connectivity index (χ4n) is 5.37. The number of fused-ring (bicyclic) bond motifs is 2. The maximum absolute atomic E-state index is 6.96. The molecule has 5 atom stereocenters. The van der Waals surface area contributed by atoms with Gasteiger partial charge in [-0.15, -0.1) is 0 Å². The van der Waals surface area contributed by atoms with E-state index < -0.39 is 0 Å². The van der Waals surface area contributed by atoms with Gasteiger partial charge in [0.2, 0.25) is 0 Å². The Morgan fingerprint density at radius 2 is 1.89 bits per heavy atom. The summed E-state index contributed by atoms with van der Waals surface area (Å²) >= 11 is 5.98. The number of nitrogens with two attached hydrogens (primary N) is 1. The van der Waals surface area contributed by atoms with Gasteiger partial charge in [0, 0.05) is 10.6 Å². The standard InChI is InChI=1S/C17H22ClN/c18-15-5-1-11(2-6-15)10-17(19)14-4-3-13-7-12(8-14)9-16(13)17/h1-2,5-6,12-14,16H,3-4,7-10,19H2. The van der Waals surface area contributed by atoms with Gasteiger partial charge in [-0.2, -0.15) is 0 Å². The van der Waals surface area contributed by atoms with Crippen molar-refractivity contribution in [2.75, 3.05) is 0 Å². The summed E-state index contributed by atoms with van der Waals surface area (Å²) in [5, 5.41) is 0.820. The van der Waals surface area contributed by atoms with Crippen molar-refractivity contribution >= 4 is 11.6 Å². The van der Waals surface area contributed by atoms with Gasteiger partial charge in [-0.3, -0.25) is 0 Å². The zero-order valence-corrected chi connectivity index (χ0v) is 12.1. The van der Waals surface area contributed by atoms with E-state index in [0.717, 1.165) is 35.1 Å². The molecule has 2 heteroatoms. The van der Waals surface area contributed by atoms with Crippen molar-refractivity contribution in [3.05, 3.63) is 34.9 Å². The summed E-state index contributed by atoms with van der Waals surface area (Å²) in [5.41, 5.74) is 8.39. The Labute approximate surface area is 120 Å². The lowest BCUT2D eigenvalue weighted by Gasteiger charge is -2.51. The van der Waals surface area contributed by atoms with Crippen LogP contribution >= 0.6 is 11.6 Å². The maximum Gasteiger partial charge on any atom is 0.0406 e. The summed E-state index contributed by atoms with van der Waals surface area (Å²) in [6.45, 7) is 0. The first-order valence-corrected chi connectivity index (χ1v) is 8.06. The molecule has 3 aliphatic rings. The van der Waals surface area contributed by atoms with Crippen molar-refractivity contribution < 1.29 is 0 Å². The first-order valence-electron chi connectivity index (χ1n) is 7.68. The molecule has 1 aromatic carbocycles. The second-order valence-corrected chi connectivity index (χ2v) is 7.57. The third-order valence-corrected chi connectivity index (χ3v) is 6.42. The van der Waals surface area contributed by atoms with Crippen LogP contribution in [0.3, 0.4) is 0 Å². The smallest absolute Gasteiger partial charge is 0.0406 e. The molecule has 3 fully saturated rings. The van der Waals surface area contributed by atoms with Crippen molar-refractivity contribution in [3.63, 3.8) is 0 Å². The molecule has 0 radical (unpaired) electrons. The minimum atomic E-state index is 0.0593. The average Bonchev–Trinajstić information content (AvgIpc) is 2.62. The lowest BCUT2D eigenvalue weighted by atomic mass is 9.58. The maximum atomic E-state index is 6.96. The third kappa shape index (κ3) is 1.86. The molecule has 1 nitrogen and oxygen atoms in total. The Morgan fingerprint density at radius 3 is 2.68 bits per heavy atom. The summed E-state index contributed by atoms with van der Waals surface area (Å²) in [4.78, 5) is 0. The van der Waals surface area contributed by atoms with Crippen LogP contribution in [-0.4, -0.2) is 5.54 Å². The van der Waals surface area contributed by atoms with Crippen LogP contribution in [0, 0.1) is 23.7 Å². The molecule has 3 saturated carbocycles. The zero-order chi connectivity index (χ0) is 13.0. The number of rotatable bonds is 2. The van der Waals surface area contributed by atoms with Gasteiger partial charge in [0.1, 0.15) is 0 Å². The van der Waals surface area contributed by atoms with E-state index in [2.05, 4.69) is 12.1 Å². The van der Waals surface area contributed by atoms with Gasteiger partial charge in [0.05, 0.1) is 0 Å². The van der Waals surface area contributed by atoms with Crippen molar-refractivity contribution in [3.8, 4) is 0 Å². The SMILES string of the molecule is NC1(Cc2ccc(Cl)cc2)C2CCC3CC(C2)CC31. The molecule has 0 aromatic heterocycles. The summed E-state index contributed by atoms with van der Waals surface area (Å²) in [5.74, 6) is 3.44. The van der Waals surface area contributed by atoms with Gasteiger partial charge in [-0.05, 0) is 79.9 Å². The quantitative estimate of drug-likeness (QED) is 0.866. The van der Waals surface area contributed by atoms with Crippen LogP contribution in [0.1, 0.15) is 37.7 Å². The van der Waals surface area contributed by atoms with Crippen LogP contribution < -0.4 is 5.73 Å². The van der Waals surface area contributed by atoms with E-state index in [1.807, 2.05) is 12.1 Å². The van der Waals surface area contributed by atoms with Crippen molar-refractivity contribution in [1.82, 2.24) is 0 Å². The summed E-state index contributed by atoms with van der Waals surface area (Å²) in [7, 11) is 0. The molecule has 3 bridgehead atoms. The predicted octanol–water partition coefficient (Wildman–Crippen LogP) is 4.04. The van der Waals surface area contributed by atoms with Crippen LogP contribution in [0.5, 0.6) is 0 Å². The molecule has 4 rings (SSSR count). The molecular weight excluding hydrogens is 254 g/mol. The second kappa shape index (κ2) is 4.23. The highest BCUT2D eigenvalue weighted by atomic mass is 35.5. The topological polar surface area (TPSA) is 26.0 Å². The number of halogens is 1. The highest BCUT2D eigenvalue weighted by Crippen LogP contribution is 2.59. The Bertz CT molecular complexity index is 483. The predicted molar refractivity (Wildman–Crippen MR) is 79.1 cm³/mol. The summed E-state index contributed by atoms with van der Waals surface area (Å²) in [6, 6.07) is 8.31. The number of hydrogen-bond acceptors (Lipinski definition) is 1. The fourth-order valence-corrected chi connectivity index (χ4v) is 5.49. The van der Waals surface area contributed by atoms with Gasteiger partial charge in [0.15, 0.2) is 0 Å². The Morgan fingerprint density at radius 1 is 1.11 bits per heavy atom. The zero-order valence-electron chi connectivity index (χ0n) is 11.3. The molecule has 0 amide bonds. The van der Waals surface area contributed by atoms with Crippen molar-refractivity contribution in [2.45, 2.75) is 44.1 Å². The van der Waals surface area contributed by atoms with Gasteiger partial charge in [0.25, 0.3) is 0 Å².